The molecule has 0 bridgehead atoms. The minimum absolute atomic E-state index is 0.221. The van der Waals surface area contributed by atoms with Crippen LogP contribution in [0.5, 0.6) is 0 Å². The zero-order valence-corrected chi connectivity index (χ0v) is 12.7. The first-order valence-corrected chi connectivity index (χ1v) is 8.27. The van der Waals surface area contributed by atoms with Gasteiger partial charge in [0, 0.05) is 15.1 Å². The van der Waals surface area contributed by atoms with Crippen molar-refractivity contribution in [2.24, 2.45) is 5.92 Å². The molecule has 0 aromatic carbocycles. The fourth-order valence-corrected chi connectivity index (χ4v) is 5.29. The Balaban J connectivity index is 1.91. The minimum Gasteiger partial charge on any atom is -0.387 e. The summed E-state index contributed by atoms with van der Waals surface area (Å²) >= 11 is 8.04. The normalized spacial score (nSPS) is 35.8. The van der Waals surface area contributed by atoms with E-state index in [0.717, 1.165) is 19.3 Å². The molecule has 2 atom stereocenters. The molecule has 18 heavy (non-hydrogen) atoms. The van der Waals surface area contributed by atoms with Gasteiger partial charge in [-0.1, -0.05) is 6.92 Å². The van der Waals surface area contributed by atoms with E-state index < -0.39 is 0 Å². The summed E-state index contributed by atoms with van der Waals surface area (Å²) < 4.78 is 0. The van der Waals surface area contributed by atoms with Crippen LogP contribution in [0.1, 0.15) is 65.5 Å². The third-order valence-electron chi connectivity index (χ3n) is 4.66. The van der Waals surface area contributed by atoms with Crippen molar-refractivity contribution in [3.05, 3.63) is 20.9 Å². The average Bonchev–Trinajstić information content (AvgIpc) is 2.79. The molecule has 0 aliphatic heterocycles. The van der Waals surface area contributed by atoms with Gasteiger partial charge in [-0.15, -0.1) is 22.9 Å². The first kappa shape index (κ1) is 13.0. The van der Waals surface area contributed by atoms with Crippen molar-refractivity contribution >= 4 is 22.9 Å². The second-order valence-electron chi connectivity index (χ2n) is 5.99. The van der Waals surface area contributed by atoms with E-state index in [1.54, 1.807) is 5.56 Å². The highest BCUT2D eigenvalue weighted by Gasteiger charge is 2.35. The largest absolute Gasteiger partial charge is 0.387 e. The Hall–Kier alpha value is -0.0500. The molecule has 1 fully saturated rings. The number of alkyl halides is 1. The van der Waals surface area contributed by atoms with Gasteiger partial charge in [-0.05, 0) is 62.0 Å². The van der Waals surface area contributed by atoms with Crippen LogP contribution >= 0.6 is 22.9 Å². The maximum absolute atomic E-state index is 10.2. The number of hydrogen-bond acceptors (Lipinski definition) is 2. The summed E-state index contributed by atoms with van der Waals surface area (Å²) in [6, 6.07) is 0. The SMILES string of the molecule is Cc1sc2c(c1C1CCC(Cl)CC1)CC(C)C2O. The van der Waals surface area contributed by atoms with Crippen molar-refractivity contribution in [2.45, 2.75) is 63.4 Å². The third kappa shape index (κ3) is 2.03. The number of halogens is 1. The van der Waals surface area contributed by atoms with Crippen molar-refractivity contribution in [3.8, 4) is 0 Å². The molecule has 2 aliphatic rings. The van der Waals surface area contributed by atoms with E-state index >= 15 is 0 Å². The van der Waals surface area contributed by atoms with Crippen LogP contribution in [0.15, 0.2) is 0 Å². The van der Waals surface area contributed by atoms with Crippen LogP contribution in [0.25, 0.3) is 0 Å². The number of aryl methyl sites for hydroxylation is 1. The minimum atomic E-state index is -0.221. The highest BCUT2D eigenvalue weighted by molar-refractivity contribution is 7.12. The molecular formula is C15H21ClOS. The summed E-state index contributed by atoms with van der Waals surface area (Å²) in [7, 11) is 0. The van der Waals surface area contributed by atoms with Crippen molar-refractivity contribution in [3.63, 3.8) is 0 Å². The number of hydrogen-bond donors (Lipinski definition) is 1. The van der Waals surface area contributed by atoms with E-state index in [1.165, 1.54) is 28.2 Å². The molecule has 1 aromatic heterocycles. The van der Waals surface area contributed by atoms with Gasteiger partial charge in [0.25, 0.3) is 0 Å². The van der Waals surface area contributed by atoms with Crippen LogP contribution in [0.2, 0.25) is 0 Å². The van der Waals surface area contributed by atoms with E-state index in [9.17, 15) is 5.11 Å². The van der Waals surface area contributed by atoms with Gasteiger partial charge in [-0.2, -0.15) is 0 Å². The summed E-state index contributed by atoms with van der Waals surface area (Å²) in [5.74, 6) is 1.09. The van der Waals surface area contributed by atoms with E-state index in [2.05, 4.69) is 13.8 Å². The summed E-state index contributed by atoms with van der Waals surface area (Å²) in [6.07, 6.45) is 5.59. The molecule has 100 valence electrons. The van der Waals surface area contributed by atoms with Gasteiger partial charge in [-0.25, -0.2) is 0 Å². The van der Waals surface area contributed by atoms with Gasteiger partial charge in [0.15, 0.2) is 0 Å². The molecule has 1 nitrogen and oxygen atoms in total. The molecule has 0 amide bonds. The van der Waals surface area contributed by atoms with Gasteiger partial charge in [0.05, 0.1) is 6.10 Å². The molecule has 0 radical (unpaired) electrons. The maximum atomic E-state index is 10.2. The summed E-state index contributed by atoms with van der Waals surface area (Å²) in [4.78, 5) is 2.69. The van der Waals surface area contributed by atoms with Gasteiger partial charge in [-0.3, -0.25) is 0 Å². The zero-order valence-electron chi connectivity index (χ0n) is 11.1. The lowest BCUT2D eigenvalue weighted by Crippen LogP contribution is -2.14. The van der Waals surface area contributed by atoms with Gasteiger partial charge in [0.2, 0.25) is 0 Å². The molecule has 2 unspecified atom stereocenters. The molecule has 3 heteroatoms. The molecule has 1 N–H and O–H groups in total. The Morgan fingerprint density at radius 2 is 1.89 bits per heavy atom. The topological polar surface area (TPSA) is 20.2 Å². The number of rotatable bonds is 1. The Kier molecular flexibility index (Phi) is 3.46. The van der Waals surface area contributed by atoms with Gasteiger partial charge in [0.1, 0.15) is 0 Å². The second-order valence-corrected chi connectivity index (χ2v) is 7.86. The number of aliphatic hydroxyl groups excluding tert-OH is 1. The number of thiophene rings is 1. The first-order valence-electron chi connectivity index (χ1n) is 7.02. The zero-order chi connectivity index (χ0) is 12.9. The van der Waals surface area contributed by atoms with E-state index in [0.29, 0.717) is 17.2 Å². The summed E-state index contributed by atoms with van der Waals surface area (Å²) in [5.41, 5.74) is 3.05. The fourth-order valence-electron chi connectivity index (χ4n) is 3.64. The second kappa shape index (κ2) is 4.81. The molecule has 1 heterocycles. The fraction of sp³-hybridized carbons (Fsp3) is 0.733. The summed E-state index contributed by atoms with van der Waals surface area (Å²) in [6.45, 7) is 4.38. The Morgan fingerprint density at radius 3 is 2.56 bits per heavy atom. The molecule has 0 spiro atoms. The average molecular weight is 285 g/mol. The molecule has 0 saturated heterocycles. The highest BCUT2D eigenvalue weighted by Crippen LogP contribution is 2.49. The van der Waals surface area contributed by atoms with Gasteiger partial charge >= 0.3 is 0 Å². The van der Waals surface area contributed by atoms with Crippen LogP contribution in [0, 0.1) is 12.8 Å². The molecule has 3 rings (SSSR count). The maximum Gasteiger partial charge on any atom is 0.0913 e. The number of aliphatic hydroxyl groups is 1. The Labute approximate surface area is 118 Å². The van der Waals surface area contributed by atoms with Crippen molar-refractivity contribution < 1.29 is 5.11 Å². The Bertz CT molecular complexity index is 446. The van der Waals surface area contributed by atoms with Crippen molar-refractivity contribution in [1.82, 2.24) is 0 Å². The predicted molar refractivity (Wildman–Crippen MR) is 77.7 cm³/mol. The van der Waals surface area contributed by atoms with Crippen molar-refractivity contribution in [2.75, 3.05) is 0 Å². The monoisotopic (exact) mass is 284 g/mol. The van der Waals surface area contributed by atoms with Crippen LogP contribution in [0.4, 0.5) is 0 Å². The van der Waals surface area contributed by atoms with Crippen LogP contribution in [-0.4, -0.2) is 10.5 Å². The Morgan fingerprint density at radius 1 is 1.22 bits per heavy atom. The third-order valence-corrected chi connectivity index (χ3v) is 6.33. The lowest BCUT2D eigenvalue weighted by atomic mass is 9.82. The molecule has 1 aromatic rings. The molecule has 2 aliphatic carbocycles. The lowest BCUT2D eigenvalue weighted by Gasteiger charge is -2.26. The predicted octanol–water partition coefficient (Wildman–Crippen LogP) is 4.55. The highest BCUT2D eigenvalue weighted by atomic mass is 35.5. The van der Waals surface area contributed by atoms with Crippen molar-refractivity contribution in [1.29, 1.82) is 0 Å². The van der Waals surface area contributed by atoms with E-state index in [1.807, 2.05) is 11.3 Å². The standard InChI is InChI=1S/C15H21ClOS/c1-8-7-12-13(9(2)18-15(12)14(8)17)10-3-5-11(16)6-4-10/h8,10-11,14,17H,3-7H2,1-2H3. The molecular weight excluding hydrogens is 264 g/mol. The lowest BCUT2D eigenvalue weighted by molar-refractivity contribution is 0.135. The molecule has 1 saturated carbocycles. The van der Waals surface area contributed by atoms with E-state index in [-0.39, 0.29) is 6.10 Å². The van der Waals surface area contributed by atoms with Gasteiger partial charge < -0.3 is 5.11 Å². The number of fused-ring (bicyclic) bond motifs is 1. The quantitative estimate of drug-likeness (QED) is 0.750. The van der Waals surface area contributed by atoms with Crippen LogP contribution < -0.4 is 0 Å². The van der Waals surface area contributed by atoms with Crippen LogP contribution in [0.3, 0.4) is 0 Å². The smallest absolute Gasteiger partial charge is 0.0913 e. The first-order chi connectivity index (χ1) is 8.58. The van der Waals surface area contributed by atoms with E-state index in [4.69, 9.17) is 11.6 Å². The summed E-state index contributed by atoms with van der Waals surface area (Å²) in [5, 5.41) is 10.6. The van der Waals surface area contributed by atoms with Crippen LogP contribution in [-0.2, 0) is 6.42 Å².